The van der Waals surface area contributed by atoms with Gasteiger partial charge < -0.3 is 5.73 Å². The van der Waals surface area contributed by atoms with Gasteiger partial charge in [-0.15, -0.1) is 0 Å². The van der Waals surface area contributed by atoms with Gasteiger partial charge in [0, 0.05) is 34.2 Å². The molecule has 0 amide bonds. The van der Waals surface area contributed by atoms with Crippen molar-refractivity contribution in [3.05, 3.63) is 76.5 Å². The zero-order valence-electron chi connectivity index (χ0n) is 12.1. The molecule has 1 heterocycles. The molecular weight excluding hydrogens is 329 g/mol. The highest BCUT2D eigenvalue weighted by Crippen LogP contribution is 2.31. The molecule has 0 aliphatic rings. The van der Waals surface area contributed by atoms with Gasteiger partial charge in [0.2, 0.25) is 0 Å². The number of hydrogen-bond acceptors (Lipinski definition) is 3. The molecule has 1 aromatic heterocycles. The van der Waals surface area contributed by atoms with Gasteiger partial charge in [-0.05, 0) is 29.8 Å². The van der Waals surface area contributed by atoms with Gasteiger partial charge in [-0.25, -0.2) is 4.98 Å². The maximum Gasteiger partial charge on any atom is 0.154 e. The largest absolute Gasteiger partial charge is 0.398 e. The molecule has 2 N–H and O–H groups in total. The van der Waals surface area contributed by atoms with Crippen molar-refractivity contribution < 1.29 is 0 Å². The fourth-order valence-corrected chi connectivity index (χ4v) is 2.60. The molecule has 0 radical (unpaired) electrons. The minimum atomic E-state index is 0.368. The zero-order chi connectivity index (χ0) is 16.2. The molecule has 0 bridgehead atoms. The van der Waals surface area contributed by atoms with E-state index < -0.39 is 0 Å². The van der Waals surface area contributed by atoms with Gasteiger partial charge >= 0.3 is 0 Å². The Bertz CT molecular complexity index is 876. The third-order valence-electron chi connectivity index (χ3n) is 3.35. The molecular formula is C18H13Cl2N3. The number of benzene rings is 2. The quantitative estimate of drug-likeness (QED) is 0.394. The van der Waals surface area contributed by atoms with Crippen molar-refractivity contribution in [1.82, 2.24) is 4.98 Å². The second kappa shape index (κ2) is 6.82. The molecule has 0 saturated carbocycles. The van der Waals surface area contributed by atoms with Crippen LogP contribution in [0.15, 0.2) is 65.8 Å². The van der Waals surface area contributed by atoms with Crippen molar-refractivity contribution in [2.24, 2.45) is 4.99 Å². The Balaban J connectivity index is 2.03. The molecule has 0 spiro atoms. The number of anilines is 1. The van der Waals surface area contributed by atoms with E-state index in [1.54, 1.807) is 24.5 Å². The van der Waals surface area contributed by atoms with E-state index in [0.29, 0.717) is 21.6 Å². The third-order valence-corrected chi connectivity index (χ3v) is 3.87. The first kappa shape index (κ1) is 15.5. The van der Waals surface area contributed by atoms with Crippen molar-refractivity contribution >= 4 is 40.8 Å². The van der Waals surface area contributed by atoms with Crippen LogP contribution in [0.3, 0.4) is 0 Å². The Morgan fingerprint density at radius 2 is 1.78 bits per heavy atom. The molecule has 0 atom stereocenters. The molecule has 0 unspecified atom stereocenters. The number of halogens is 2. The Labute approximate surface area is 144 Å². The fourth-order valence-electron chi connectivity index (χ4n) is 2.25. The number of aliphatic imine (C=N–C) groups is 1. The molecule has 3 aromatic rings. The number of nitrogens with two attached hydrogens (primary N) is 1. The summed E-state index contributed by atoms with van der Waals surface area (Å²) in [5.74, 6) is 0. The predicted molar refractivity (Wildman–Crippen MR) is 97.8 cm³/mol. The second-order valence-corrected chi connectivity index (χ2v) is 5.68. The maximum absolute atomic E-state index is 6.09. The highest BCUT2D eigenvalue weighted by molar-refractivity contribution is 6.32. The lowest BCUT2D eigenvalue weighted by Gasteiger charge is -2.09. The standard InChI is InChI=1S/C18H13Cl2N3/c19-13-7-8-15(16(21)10-13)14-5-2-1-4-12(14)11-23-17-6-3-9-22-18(17)20/h1-11H,21H2. The van der Waals surface area contributed by atoms with Crippen LogP contribution in [-0.4, -0.2) is 11.2 Å². The van der Waals surface area contributed by atoms with Crippen LogP contribution in [0.25, 0.3) is 11.1 Å². The van der Waals surface area contributed by atoms with Crippen LogP contribution in [0, 0.1) is 0 Å². The van der Waals surface area contributed by atoms with E-state index >= 15 is 0 Å². The monoisotopic (exact) mass is 341 g/mol. The smallest absolute Gasteiger partial charge is 0.154 e. The van der Waals surface area contributed by atoms with E-state index in [9.17, 15) is 0 Å². The first-order valence-corrected chi connectivity index (χ1v) is 7.70. The van der Waals surface area contributed by atoms with Crippen LogP contribution in [0.5, 0.6) is 0 Å². The molecule has 0 aliphatic carbocycles. The number of pyridine rings is 1. The predicted octanol–water partition coefficient (Wildman–Crippen LogP) is 5.39. The van der Waals surface area contributed by atoms with Crippen LogP contribution in [0.2, 0.25) is 10.2 Å². The summed E-state index contributed by atoms with van der Waals surface area (Å²) in [5, 5.41) is 0.978. The van der Waals surface area contributed by atoms with Crippen LogP contribution < -0.4 is 5.73 Å². The van der Waals surface area contributed by atoms with Gasteiger partial charge in [0.25, 0.3) is 0 Å². The second-order valence-electron chi connectivity index (χ2n) is 4.89. The molecule has 3 nitrogen and oxygen atoms in total. The molecule has 0 fully saturated rings. The topological polar surface area (TPSA) is 51.3 Å². The summed E-state index contributed by atoms with van der Waals surface area (Å²) in [7, 11) is 0. The highest BCUT2D eigenvalue weighted by Gasteiger charge is 2.07. The van der Waals surface area contributed by atoms with E-state index in [1.165, 1.54) is 0 Å². The van der Waals surface area contributed by atoms with E-state index in [-0.39, 0.29) is 0 Å². The number of nitrogen functional groups attached to an aromatic ring is 1. The number of rotatable bonds is 3. The normalized spacial score (nSPS) is 11.0. The van der Waals surface area contributed by atoms with E-state index in [0.717, 1.165) is 16.7 Å². The molecule has 0 aliphatic heterocycles. The fraction of sp³-hybridized carbons (Fsp3) is 0. The van der Waals surface area contributed by atoms with E-state index in [2.05, 4.69) is 9.98 Å². The summed E-state index contributed by atoms with van der Waals surface area (Å²) in [5.41, 5.74) is 10.2. The Morgan fingerprint density at radius 1 is 0.957 bits per heavy atom. The lowest BCUT2D eigenvalue weighted by Crippen LogP contribution is -1.93. The molecule has 5 heteroatoms. The van der Waals surface area contributed by atoms with Crippen molar-refractivity contribution in [3.63, 3.8) is 0 Å². The van der Waals surface area contributed by atoms with Crippen LogP contribution in [0.4, 0.5) is 11.4 Å². The SMILES string of the molecule is Nc1cc(Cl)ccc1-c1ccccc1C=Nc1cccnc1Cl. The molecule has 2 aromatic carbocycles. The van der Waals surface area contributed by atoms with Crippen molar-refractivity contribution in [1.29, 1.82) is 0 Å². The summed E-state index contributed by atoms with van der Waals surface area (Å²) < 4.78 is 0. The average Bonchev–Trinajstić information content (AvgIpc) is 2.55. The minimum Gasteiger partial charge on any atom is -0.398 e. The summed E-state index contributed by atoms with van der Waals surface area (Å²) >= 11 is 12.0. The Morgan fingerprint density at radius 3 is 2.57 bits per heavy atom. The summed E-state index contributed by atoms with van der Waals surface area (Å²) in [6, 6.07) is 16.9. The minimum absolute atomic E-state index is 0.368. The zero-order valence-corrected chi connectivity index (χ0v) is 13.6. The van der Waals surface area contributed by atoms with Gasteiger partial charge in [0.05, 0.1) is 0 Å². The van der Waals surface area contributed by atoms with Gasteiger partial charge in [-0.1, -0.05) is 53.5 Å². The van der Waals surface area contributed by atoms with E-state index in [1.807, 2.05) is 42.5 Å². The number of aromatic nitrogens is 1. The molecule has 0 saturated heterocycles. The van der Waals surface area contributed by atoms with Crippen LogP contribution in [-0.2, 0) is 0 Å². The van der Waals surface area contributed by atoms with Crippen molar-refractivity contribution in [2.75, 3.05) is 5.73 Å². The first-order valence-electron chi connectivity index (χ1n) is 6.94. The van der Waals surface area contributed by atoms with Crippen LogP contribution in [0.1, 0.15) is 5.56 Å². The Kier molecular flexibility index (Phi) is 4.60. The highest BCUT2D eigenvalue weighted by atomic mass is 35.5. The van der Waals surface area contributed by atoms with Crippen molar-refractivity contribution in [3.8, 4) is 11.1 Å². The summed E-state index contributed by atoms with van der Waals surface area (Å²) in [6.07, 6.45) is 3.38. The summed E-state index contributed by atoms with van der Waals surface area (Å²) in [4.78, 5) is 8.44. The average molecular weight is 342 g/mol. The molecule has 114 valence electrons. The number of nitrogens with zero attached hydrogens (tertiary/aromatic N) is 2. The maximum atomic E-state index is 6.09. The number of hydrogen-bond donors (Lipinski definition) is 1. The van der Waals surface area contributed by atoms with E-state index in [4.69, 9.17) is 28.9 Å². The summed E-state index contributed by atoms with van der Waals surface area (Å²) in [6.45, 7) is 0. The molecule has 3 rings (SSSR count). The first-order chi connectivity index (χ1) is 11.1. The van der Waals surface area contributed by atoms with Gasteiger partial charge in [-0.2, -0.15) is 0 Å². The van der Waals surface area contributed by atoms with Gasteiger partial charge in [0.15, 0.2) is 5.15 Å². The molecule has 23 heavy (non-hydrogen) atoms. The van der Waals surface area contributed by atoms with Crippen LogP contribution >= 0.6 is 23.2 Å². The Hall–Kier alpha value is -2.36. The lowest BCUT2D eigenvalue weighted by atomic mass is 9.99. The van der Waals surface area contributed by atoms with Gasteiger partial charge in [0.1, 0.15) is 5.69 Å². The lowest BCUT2D eigenvalue weighted by molar-refractivity contribution is 1.31. The van der Waals surface area contributed by atoms with Gasteiger partial charge in [-0.3, -0.25) is 4.99 Å². The third kappa shape index (κ3) is 3.52. The van der Waals surface area contributed by atoms with Crippen molar-refractivity contribution in [2.45, 2.75) is 0 Å².